The van der Waals surface area contributed by atoms with Crippen LogP contribution in [0.5, 0.6) is 0 Å². The number of nitrogens with one attached hydrogen (secondary N) is 1. The Kier molecular flexibility index (Phi) is 3.60. The summed E-state index contributed by atoms with van der Waals surface area (Å²) >= 11 is 1.81. The fraction of sp³-hybridized carbons (Fsp3) is 0.833. The molecule has 4 heteroatoms. The molecule has 1 N–H and O–H groups in total. The van der Waals surface area contributed by atoms with Gasteiger partial charge in [0.05, 0.1) is 0 Å². The lowest BCUT2D eigenvalue weighted by molar-refractivity contribution is 0.422. The summed E-state index contributed by atoms with van der Waals surface area (Å²) in [6.07, 6.45) is 4.85. The van der Waals surface area contributed by atoms with Crippen molar-refractivity contribution in [3.8, 4) is 0 Å². The lowest BCUT2D eigenvalue weighted by atomic mass is 10.1. The summed E-state index contributed by atoms with van der Waals surface area (Å²) in [5.74, 6) is 0.749. The van der Waals surface area contributed by atoms with Gasteiger partial charge < -0.3 is 5.32 Å². The molecule has 0 amide bonds. The molecule has 1 aromatic heterocycles. The summed E-state index contributed by atoms with van der Waals surface area (Å²) in [7, 11) is 0. The Bertz CT molecular complexity index is 336. The minimum atomic E-state index is 0.223. The van der Waals surface area contributed by atoms with Gasteiger partial charge in [-0.05, 0) is 46.6 Å². The Morgan fingerprint density at radius 2 is 2.06 bits per heavy atom. The van der Waals surface area contributed by atoms with E-state index in [9.17, 15) is 0 Å². The van der Waals surface area contributed by atoms with E-state index < -0.39 is 0 Å². The monoisotopic (exact) mass is 239 g/mol. The number of hydrogen-bond donors (Lipinski definition) is 1. The zero-order chi connectivity index (χ0) is 11.6. The highest BCUT2D eigenvalue weighted by atomic mass is 32.1. The smallest absolute Gasteiger partial charge is 0.120 e. The van der Waals surface area contributed by atoms with Gasteiger partial charge in [-0.15, -0.1) is 21.5 Å². The van der Waals surface area contributed by atoms with Crippen molar-refractivity contribution in [2.24, 2.45) is 0 Å². The van der Waals surface area contributed by atoms with Crippen LogP contribution >= 0.6 is 11.3 Å². The molecule has 0 bridgehead atoms. The summed E-state index contributed by atoms with van der Waals surface area (Å²) in [5.41, 5.74) is 0.223. The quantitative estimate of drug-likeness (QED) is 0.803. The molecule has 1 aliphatic carbocycles. The molecule has 16 heavy (non-hydrogen) atoms. The second-order valence-corrected chi connectivity index (χ2v) is 6.68. The third-order valence-corrected chi connectivity index (χ3v) is 3.78. The molecule has 2 rings (SSSR count). The van der Waals surface area contributed by atoms with E-state index in [1.54, 1.807) is 0 Å². The first-order valence-corrected chi connectivity index (χ1v) is 6.93. The first-order chi connectivity index (χ1) is 7.54. The van der Waals surface area contributed by atoms with E-state index in [0.29, 0.717) is 0 Å². The highest BCUT2D eigenvalue weighted by Gasteiger charge is 2.27. The average Bonchev–Trinajstić information content (AvgIpc) is 2.93. The fourth-order valence-corrected chi connectivity index (χ4v) is 2.62. The number of aromatic nitrogens is 2. The predicted molar refractivity (Wildman–Crippen MR) is 68.0 cm³/mol. The van der Waals surface area contributed by atoms with Crippen LogP contribution < -0.4 is 5.32 Å². The van der Waals surface area contributed by atoms with Crippen LogP contribution in [0.4, 0.5) is 0 Å². The van der Waals surface area contributed by atoms with Gasteiger partial charge in [0.25, 0.3) is 0 Å². The summed E-state index contributed by atoms with van der Waals surface area (Å²) in [5, 5.41) is 14.5. The minimum absolute atomic E-state index is 0.223. The van der Waals surface area contributed by atoms with Crippen molar-refractivity contribution < 1.29 is 0 Å². The second kappa shape index (κ2) is 4.80. The molecule has 1 aliphatic rings. The maximum atomic E-state index is 4.25. The van der Waals surface area contributed by atoms with E-state index in [2.05, 4.69) is 36.3 Å². The van der Waals surface area contributed by atoms with Crippen molar-refractivity contribution in [3.05, 3.63) is 10.0 Å². The van der Waals surface area contributed by atoms with Gasteiger partial charge in [-0.25, -0.2) is 0 Å². The van der Waals surface area contributed by atoms with Gasteiger partial charge in [0, 0.05) is 17.9 Å². The van der Waals surface area contributed by atoms with Crippen LogP contribution in [-0.4, -0.2) is 22.3 Å². The summed E-state index contributed by atoms with van der Waals surface area (Å²) in [6, 6.07) is 0. The average molecular weight is 239 g/mol. The zero-order valence-electron chi connectivity index (χ0n) is 10.4. The van der Waals surface area contributed by atoms with Crippen LogP contribution in [0.3, 0.4) is 0 Å². The first kappa shape index (κ1) is 12.0. The van der Waals surface area contributed by atoms with Crippen molar-refractivity contribution in [2.75, 3.05) is 6.54 Å². The second-order valence-electron chi connectivity index (χ2n) is 5.59. The van der Waals surface area contributed by atoms with Crippen LogP contribution in [0.2, 0.25) is 0 Å². The van der Waals surface area contributed by atoms with Gasteiger partial charge in [-0.3, -0.25) is 0 Å². The van der Waals surface area contributed by atoms with Crippen molar-refractivity contribution in [2.45, 2.75) is 57.9 Å². The molecular weight excluding hydrogens is 218 g/mol. The number of rotatable bonds is 5. The Balaban J connectivity index is 1.68. The molecule has 0 saturated heterocycles. The third kappa shape index (κ3) is 3.83. The number of aryl methyl sites for hydroxylation is 1. The van der Waals surface area contributed by atoms with Gasteiger partial charge in [0.2, 0.25) is 0 Å². The molecule has 0 atom stereocenters. The molecule has 0 aromatic carbocycles. The summed E-state index contributed by atoms with van der Waals surface area (Å²) < 4.78 is 0. The molecule has 1 aromatic rings. The Hall–Kier alpha value is -0.480. The maximum absolute atomic E-state index is 4.25. The predicted octanol–water partition coefficient (Wildman–Crippen LogP) is 2.74. The summed E-state index contributed by atoms with van der Waals surface area (Å²) in [6.45, 7) is 7.65. The van der Waals surface area contributed by atoms with E-state index in [0.717, 1.165) is 25.3 Å². The molecular formula is C12H21N3S. The fourth-order valence-electron chi connectivity index (χ4n) is 1.57. The van der Waals surface area contributed by atoms with Gasteiger partial charge in [0.1, 0.15) is 10.0 Å². The van der Waals surface area contributed by atoms with Crippen molar-refractivity contribution in [1.29, 1.82) is 0 Å². The van der Waals surface area contributed by atoms with E-state index >= 15 is 0 Å². The highest BCUT2D eigenvalue weighted by Crippen LogP contribution is 2.41. The largest absolute Gasteiger partial charge is 0.312 e. The van der Waals surface area contributed by atoms with Crippen molar-refractivity contribution >= 4 is 11.3 Å². The molecule has 1 saturated carbocycles. The molecule has 0 unspecified atom stereocenters. The van der Waals surface area contributed by atoms with E-state index in [-0.39, 0.29) is 5.54 Å². The number of nitrogens with zero attached hydrogens (tertiary/aromatic N) is 2. The first-order valence-electron chi connectivity index (χ1n) is 6.12. The Morgan fingerprint density at radius 1 is 1.31 bits per heavy atom. The molecule has 1 fully saturated rings. The Labute approximate surface area is 102 Å². The highest BCUT2D eigenvalue weighted by molar-refractivity contribution is 7.11. The standard InChI is InChI=1S/C12H21N3S/c1-12(2,3)13-8-4-5-10-14-15-11(16-10)9-6-7-9/h9,13H,4-8H2,1-3H3. The van der Waals surface area contributed by atoms with Gasteiger partial charge in [-0.1, -0.05) is 0 Å². The normalized spacial score (nSPS) is 16.7. The van der Waals surface area contributed by atoms with Crippen LogP contribution in [0.25, 0.3) is 0 Å². The van der Waals surface area contributed by atoms with E-state index in [1.807, 2.05) is 11.3 Å². The molecule has 0 radical (unpaired) electrons. The van der Waals surface area contributed by atoms with Crippen LogP contribution in [0, 0.1) is 0 Å². The maximum Gasteiger partial charge on any atom is 0.120 e. The zero-order valence-corrected chi connectivity index (χ0v) is 11.2. The van der Waals surface area contributed by atoms with Crippen LogP contribution in [0.1, 0.15) is 56.0 Å². The molecule has 90 valence electrons. The van der Waals surface area contributed by atoms with Gasteiger partial charge in [-0.2, -0.15) is 0 Å². The lowest BCUT2D eigenvalue weighted by Gasteiger charge is -2.20. The summed E-state index contributed by atoms with van der Waals surface area (Å²) in [4.78, 5) is 0. The van der Waals surface area contributed by atoms with Gasteiger partial charge >= 0.3 is 0 Å². The molecule has 3 nitrogen and oxygen atoms in total. The molecule has 1 heterocycles. The third-order valence-electron chi connectivity index (χ3n) is 2.63. The van der Waals surface area contributed by atoms with Crippen molar-refractivity contribution in [3.63, 3.8) is 0 Å². The number of hydrogen-bond acceptors (Lipinski definition) is 4. The topological polar surface area (TPSA) is 37.8 Å². The van der Waals surface area contributed by atoms with E-state index in [4.69, 9.17) is 0 Å². The Morgan fingerprint density at radius 3 is 2.69 bits per heavy atom. The SMILES string of the molecule is CC(C)(C)NCCCc1nnc(C2CC2)s1. The van der Waals surface area contributed by atoms with Gasteiger partial charge in [0.15, 0.2) is 0 Å². The van der Waals surface area contributed by atoms with Crippen LogP contribution in [0.15, 0.2) is 0 Å². The lowest BCUT2D eigenvalue weighted by Crippen LogP contribution is -2.36. The van der Waals surface area contributed by atoms with E-state index in [1.165, 1.54) is 22.9 Å². The van der Waals surface area contributed by atoms with Crippen LogP contribution in [-0.2, 0) is 6.42 Å². The molecule has 0 aliphatic heterocycles. The molecule has 0 spiro atoms. The van der Waals surface area contributed by atoms with Crippen molar-refractivity contribution in [1.82, 2.24) is 15.5 Å². The minimum Gasteiger partial charge on any atom is -0.312 e.